The van der Waals surface area contributed by atoms with Crippen LogP contribution in [-0.2, 0) is 34.4 Å². The number of pyridine rings is 4. The van der Waals surface area contributed by atoms with Crippen molar-refractivity contribution in [3.63, 3.8) is 0 Å². The van der Waals surface area contributed by atoms with Crippen molar-refractivity contribution in [1.82, 2.24) is 68.4 Å². The Morgan fingerprint density at radius 3 is 1.12 bits per heavy atom. The number of aromatic amines is 1. The number of benzene rings is 4. The number of nitrogens with one attached hydrogen (secondary N) is 1. The van der Waals surface area contributed by atoms with Crippen molar-refractivity contribution in [3.05, 3.63) is 194 Å². The van der Waals surface area contributed by atoms with E-state index in [1.165, 1.54) is 111 Å². The van der Waals surface area contributed by atoms with Gasteiger partial charge < -0.3 is 83.2 Å². The third kappa shape index (κ3) is 23.0. The molecule has 27 nitrogen and oxygen atoms in total. The number of rotatable bonds is 28. The molecule has 0 fully saturated rings. The Morgan fingerprint density at radius 2 is 0.773 bits per heavy atom. The molecule has 0 saturated carbocycles. The van der Waals surface area contributed by atoms with Gasteiger partial charge in [0.15, 0.2) is 23.0 Å². The summed E-state index contributed by atoms with van der Waals surface area (Å²) in [6, 6.07) is 20.2. The highest BCUT2D eigenvalue weighted by molar-refractivity contribution is 9.10. The quantitative estimate of drug-likeness (QED) is 0.0173. The summed E-state index contributed by atoms with van der Waals surface area (Å²) in [4.78, 5) is 65.8. The molecule has 10 heterocycles. The molecule has 0 aliphatic carbocycles. The lowest BCUT2D eigenvalue weighted by Gasteiger charge is -2.15. The molecule has 14 aromatic rings. The first kappa shape index (κ1) is 98.0. The van der Waals surface area contributed by atoms with E-state index in [1.54, 1.807) is 82.9 Å². The smallest absolute Gasteiger partial charge is 0.491 e. The number of nitrogens with two attached hydrogens (primary N) is 2. The van der Waals surface area contributed by atoms with Crippen molar-refractivity contribution in [2.45, 2.75) is 97.2 Å². The van der Waals surface area contributed by atoms with Gasteiger partial charge in [0, 0.05) is 204 Å². The molecule has 14 rings (SSSR count). The maximum Gasteiger partial charge on any atom is 0.491 e. The summed E-state index contributed by atoms with van der Waals surface area (Å²) >= 11 is 30.3. The van der Waals surface area contributed by atoms with E-state index >= 15 is 0 Å². The fraction of sp³-hybridized carbons (Fsp3) is 0.295. The molecule has 7 N–H and O–H groups in total. The largest absolute Gasteiger partial charge is 0.496 e. The lowest BCUT2D eigenvalue weighted by Crippen LogP contribution is -2.31. The van der Waals surface area contributed by atoms with Gasteiger partial charge in [-0.05, 0) is 107 Å². The number of fused-ring (bicyclic) bond motifs is 4. The van der Waals surface area contributed by atoms with E-state index in [2.05, 4.69) is 120 Å². The number of anilines is 2. The summed E-state index contributed by atoms with van der Waals surface area (Å²) in [7, 11) is 7.02. The molecule has 2 amide bonds. The van der Waals surface area contributed by atoms with Crippen LogP contribution in [0.15, 0.2) is 139 Å². The van der Waals surface area contributed by atoms with Crippen LogP contribution in [0.2, 0.25) is 97.1 Å². The molecule has 0 aliphatic heterocycles. The van der Waals surface area contributed by atoms with Gasteiger partial charge in [0.05, 0.1) is 76.8 Å². The van der Waals surface area contributed by atoms with Crippen molar-refractivity contribution in [1.29, 1.82) is 0 Å². The van der Waals surface area contributed by atoms with Gasteiger partial charge in [-0.15, -0.1) is 0 Å². The van der Waals surface area contributed by atoms with E-state index in [0.29, 0.717) is 169 Å². The van der Waals surface area contributed by atoms with Crippen LogP contribution in [0.1, 0.15) is 21.0 Å². The minimum absolute atomic E-state index is 0.00838. The number of hydrogen-bond acceptors (Lipinski definition) is 21. The normalized spacial score (nSPS) is 11.6. The van der Waals surface area contributed by atoms with Crippen LogP contribution in [0.4, 0.5) is 29.2 Å². The van der Waals surface area contributed by atoms with Gasteiger partial charge in [-0.25, -0.2) is 57.4 Å². The summed E-state index contributed by atoms with van der Waals surface area (Å²) in [5.74, 6) is -0.384. The van der Waals surface area contributed by atoms with Crippen molar-refractivity contribution < 1.29 is 70.4 Å². The third-order valence-corrected chi connectivity index (χ3v) is 27.8. The monoisotopic (exact) mass is 1940 g/mol. The Hall–Kier alpha value is -10.6. The lowest BCUT2D eigenvalue weighted by atomic mass is 9.81. The Labute approximate surface area is 769 Å². The number of aromatic nitrogens is 12. The van der Waals surface area contributed by atoms with Crippen LogP contribution in [-0.4, -0.2) is 198 Å². The molecule has 0 bridgehead atoms. The molecule has 0 unspecified atom stereocenters. The number of methoxy groups -OCH3 is 4. The predicted molar refractivity (Wildman–Crippen MR) is 510 cm³/mol. The van der Waals surface area contributed by atoms with Crippen LogP contribution in [0.5, 0.6) is 23.0 Å². The van der Waals surface area contributed by atoms with Gasteiger partial charge in [0.1, 0.15) is 89.0 Å². The van der Waals surface area contributed by atoms with Crippen LogP contribution >= 0.6 is 62.3 Å². The standard InChI is InChI=1S/C27H32ClFN6O3Si.C21H18ClFN6O2.C20H25BClFN2O4Si.C20H23BrClFN2O2Si/c1-34(2)27(36)24-25(30)31-13-20(33-24)18-12-32-26-22(23(18)28)19(17-11-16(29)7-8-21(17)37-3)14-35(26)15-38-9-10-39(4,5)6;1-29(2)21(30)18-19(24)25-9-14(28-18)13-8-27-20-16(17(13)22)12(7-26-20)11-6-10(23)4-5-15(11)31-3;1-28-17-6-5-13(23)9-14(17)15-11-25(12-29-7-8-30(2,3)4)20-18(15)19(22)16(10-24-20)21(26)27;1-26-17-6-5-13(23)9-14(17)15-11-25(12-27-7-8-28(2,3)4)20-18(15)19(22)16(21)10-24-20/h7-8,11-14H,9-10,15H2,1-6H3,(H2,30,31);4-9H,1-3H3,(H2,24,25)(H,26,27);5-6,9-11,26-27H,7-8,12H2,1-4H3;5-6,9-11H,7-8,12H2,1-4H3. The second-order valence-electron chi connectivity index (χ2n) is 33.7. The Bertz CT molecular complexity index is 6440. The van der Waals surface area contributed by atoms with Gasteiger partial charge in [-0.2, -0.15) is 0 Å². The molecule has 0 spiro atoms. The molecule has 0 aliphatic rings. The van der Waals surface area contributed by atoms with E-state index in [1.807, 2.05) is 21.5 Å². The van der Waals surface area contributed by atoms with Gasteiger partial charge in [0.25, 0.3) is 11.8 Å². The number of nitrogen functional groups attached to an aromatic ring is 2. The zero-order valence-electron chi connectivity index (χ0n) is 73.6. The second-order valence-corrected chi connectivity index (χ2v) is 52.9. The molecule has 4 aromatic carbocycles. The van der Waals surface area contributed by atoms with Gasteiger partial charge in [-0.1, -0.05) is 105 Å². The molecule has 10 aromatic heterocycles. The number of halogens is 9. The first-order valence-corrected chi connectivity index (χ1v) is 53.5. The molecule has 0 atom stereocenters. The van der Waals surface area contributed by atoms with Crippen LogP contribution in [0, 0.1) is 23.3 Å². The molecular formula is C88H98BBrCl4F4N16O11Si3. The zero-order chi connectivity index (χ0) is 93.3. The molecular weight excluding hydrogens is 1850 g/mol. The fourth-order valence-electron chi connectivity index (χ4n) is 13.3. The number of ether oxygens (including phenoxy) is 7. The lowest BCUT2D eigenvalue weighted by molar-refractivity contribution is 0.0815. The van der Waals surface area contributed by atoms with E-state index in [-0.39, 0.29) is 64.6 Å². The van der Waals surface area contributed by atoms with E-state index in [0.717, 1.165) is 29.1 Å². The number of nitrogens with zero attached hydrogens (tertiary/aromatic N) is 13. The first-order chi connectivity index (χ1) is 60.5. The SMILES string of the molecule is COc1ccc(F)cc1-c1c[nH]c2ncc(-c3cnc(N)c(C(=O)N(C)C)n3)c(Cl)c12.COc1ccc(F)cc1-c1cn(COCC[Si](C)(C)C)c2ncc(-c3cnc(N)c(C(=O)N(C)C)n3)c(Cl)c12.COc1ccc(F)cc1-c1cn(COCC[Si](C)(C)C)c2ncc(B(O)O)c(Cl)c12.COc1ccc(F)cc1-c1cn(COCC[Si](C)(C)C)c2ncc(Br)c(Cl)c12. The number of H-pyrrole nitrogens is 1. The number of hydrogen-bond donors (Lipinski definition) is 5. The highest BCUT2D eigenvalue weighted by atomic mass is 79.9. The average Bonchev–Trinajstić information content (AvgIpc) is 1.63. The molecule has 0 radical (unpaired) electrons. The minimum atomic E-state index is -1.78. The fourth-order valence-corrected chi connectivity index (χ4v) is 17.1. The third-order valence-electron chi connectivity index (χ3n) is 20.2. The number of carbonyl (C=O) groups is 2. The summed E-state index contributed by atoms with van der Waals surface area (Å²) in [6.07, 6.45) is 16.1. The molecule has 674 valence electrons. The zero-order valence-corrected chi connectivity index (χ0v) is 81.2. The van der Waals surface area contributed by atoms with Crippen molar-refractivity contribution in [2.24, 2.45) is 0 Å². The Kier molecular flexibility index (Phi) is 32.1. The molecule has 0 saturated heterocycles. The first-order valence-electron chi connectivity index (χ1n) is 40.0. The van der Waals surface area contributed by atoms with E-state index < -0.39 is 48.8 Å². The molecule has 40 heteroatoms. The maximum atomic E-state index is 14.4. The van der Waals surface area contributed by atoms with Gasteiger partial charge in [0.2, 0.25) is 0 Å². The van der Waals surface area contributed by atoms with Crippen LogP contribution in [0.3, 0.4) is 0 Å². The minimum Gasteiger partial charge on any atom is -0.496 e. The number of amides is 2. The van der Waals surface area contributed by atoms with Crippen LogP contribution < -0.4 is 35.9 Å². The predicted octanol–water partition coefficient (Wildman–Crippen LogP) is 19.4. The van der Waals surface area contributed by atoms with E-state index in [4.69, 9.17) is 91.0 Å². The molecule has 128 heavy (non-hydrogen) atoms. The van der Waals surface area contributed by atoms with E-state index in [9.17, 15) is 37.2 Å². The second kappa shape index (κ2) is 41.9. The summed E-state index contributed by atoms with van der Waals surface area (Å²) in [6.45, 7) is 23.4. The maximum absolute atomic E-state index is 14.4. The van der Waals surface area contributed by atoms with Crippen molar-refractivity contribution >= 4 is 167 Å². The van der Waals surface area contributed by atoms with Crippen LogP contribution in [0.25, 0.3) is 111 Å². The highest BCUT2D eigenvalue weighted by Crippen LogP contribution is 2.47. The van der Waals surface area contributed by atoms with Gasteiger partial charge in [-0.3, -0.25) is 9.59 Å². The Morgan fingerprint density at radius 1 is 0.445 bits per heavy atom. The summed E-state index contributed by atoms with van der Waals surface area (Å²) < 4.78 is 102. The summed E-state index contributed by atoms with van der Waals surface area (Å²) in [5, 5.41) is 22.9. The van der Waals surface area contributed by atoms with Crippen molar-refractivity contribution in [3.8, 4) is 90.0 Å². The van der Waals surface area contributed by atoms with Gasteiger partial charge >= 0.3 is 7.12 Å². The average molecular weight is 1950 g/mol. The topological polar surface area (TPSA) is 331 Å². The summed E-state index contributed by atoms with van der Waals surface area (Å²) in [5.41, 5.74) is 20.3. The number of carbonyl (C=O) groups excluding carboxylic acids is 2. The highest BCUT2D eigenvalue weighted by Gasteiger charge is 2.30. The van der Waals surface area contributed by atoms with Crippen molar-refractivity contribution in [2.75, 3.05) is 87.9 Å². The Balaban J connectivity index is 0.000000167.